The van der Waals surface area contributed by atoms with Crippen LogP contribution in [0, 0.1) is 5.92 Å². The van der Waals surface area contributed by atoms with Crippen LogP contribution in [-0.4, -0.2) is 33.8 Å². The lowest BCUT2D eigenvalue weighted by Gasteiger charge is -2.16. The molecule has 1 aliphatic rings. The van der Waals surface area contributed by atoms with E-state index < -0.39 is 0 Å². The number of nitrogens with one attached hydrogen (secondary N) is 1. The van der Waals surface area contributed by atoms with Gasteiger partial charge in [0, 0.05) is 12.1 Å². The lowest BCUT2D eigenvalue weighted by Crippen LogP contribution is -2.26. The molecule has 0 aromatic heterocycles. The number of benzene rings is 1. The summed E-state index contributed by atoms with van der Waals surface area (Å²) < 4.78 is 15.9. The van der Waals surface area contributed by atoms with Crippen molar-refractivity contribution in [1.29, 1.82) is 0 Å². The summed E-state index contributed by atoms with van der Waals surface area (Å²) in [6.45, 7) is 0.708. The van der Waals surface area contributed by atoms with Crippen LogP contribution in [0.15, 0.2) is 12.1 Å². The Morgan fingerprint density at radius 3 is 2.08 bits per heavy atom. The molecule has 0 unspecified atom stereocenters. The summed E-state index contributed by atoms with van der Waals surface area (Å²) in [5, 5.41) is 3.02. The monoisotopic (exact) mass is 335 g/mol. The van der Waals surface area contributed by atoms with E-state index in [1.54, 1.807) is 33.5 Å². The Bertz CT molecular complexity index is 511. The molecule has 0 atom stereocenters. The molecule has 2 rings (SSSR count). The van der Waals surface area contributed by atoms with Gasteiger partial charge in [-0.2, -0.15) is 0 Å². The first-order valence-electron chi connectivity index (χ1n) is 8.77. The third-order valence-electron chi connectivity index (χ3n) is 4.74. The van der Waals surface area contributed by atoms with E-state index in [0.29, 0.717) is 29.4 Å². The van der Waals surface area contributed by atoms with Crippen LogP contribution < -0.4 is 19.5 Å². The molecule has 0 bridgehead atoms. The fourth-order valence-electron chi connectivity index (χ4n) is 3.36. The van der Waals surface area contributed by atoms with Crippen molar-refractivity contribution >= 4 is 5.91 Å². The summed E-state index contributed by atoms with van der Waals surface area (Å²) >= 11 is 0. The van der Waals surface area contributed by atoms with Gasteiger partial charge in [-0.05, 0) is 24.5 Å². The van der Waals surface area contributed by atoms with Gasteiger partial charge in [0.25, 0.3) is 5.91 Å². The minimum atomic E-state index is -0.108. The van der Waals surface area contributed by atoms with Crippen LogP contribution in [0.3, 0.4) is 0 Å². The fraction of sp³-hybridized carbons (Fsp3) is 0.632. The molecule has 1 aromatic carbocycles. The zero-order chi connectivity index (χ0) is 17.4. The molecule has 1 fully saturated rings. The van der Waals surface area contributed by atoms with Crippen LogP contribution >= 0.6 is 0 Å². The normalized spacial score (nSPS) is 15.5. The van der Waals surface area contributed by atoms with E-state index in [4.69, 9.17) is 14.2 Å². The number of ether oxygens (including phenoxy) is 3. The summed E-state index contributed by atoms with van der Waals surface area (Å²) in [6.07, 6.45) is 9.00. The molecule has 24 heavy (non-hydrogen) atoms. The predicted molar refractivity (Wildman–Crippen MR) is 94.2 cm³/mol. The second-order valence-electron chi connectivity index (χ2n) is 6.32. The van der Waals surface area contributed by atoms with Crippen LogP contribution in [-0.2, 0) is 0 Å². The number of carbonyl (C=O) groups is 1. The molecule has 134 valence electrons. The van der Waals surface area contributed by atoms with Gasteiger partial charge in [0.05, 0.1) is 21.3 Å². The zero-order valence-corrected chi connectivity index (χ0v) is 15.0. The van der Waals surface area contributed by atoms with E-state index in [0.717, 1.165) is 12.3 Å². The summed E-state index contributed by atoms with van der Waals surface area (Å²) in [7, 11) is 4.64. The largest absolute Gasteiger partial charge is 0.493 e. The number of rotatable bonds is 7. The number of amides is 1. The van der Waals surface area contributed by atoms with Gasteiger partial charge >= 0.3 is 0 Å². The molecular weight excluding hydrogens is 306 g/mol. The molecule has 1 N–H and O–H groups in total. The van der Waals surface area contributed by atoms with Gasteiger partial charge in [0.1, 0.15) is 0 Å². The molecule has 0 heterocycles. The van der Waals surface area contributed by atoms with Gasteiger partial charge in [-0.15, -0.1) is 0 Å². The van der Waals surface area contributed by atoms with E-state index in [1.807, 2.05) is 0 Å². The smallest absolute Gasteiger partial charge is 0.251 e. The molecule has 1 aromatic rings. The van der Waals surface area contributed by atoms with Crippen molar-refractivity contribution in [3.8, 4) is 17.2 Å². The topological polar surface area (TPSA) is 56.8 Å². The molecule has 5 heteroatoms. The van der Waals surface area contributed by atoms with Gasteiger partial charge in [-0.3, -0.25) is 4.79 Å². The summed E-state index contributed by atoms with van der Waals surface area (Å²) in [5.74, 6) is 2.11. The maximum atomic E-state index is 12.4. The van der Waals surface area contributed by atoms with Crippen molar-refractivity contribution in [3.05, 3.63) is 17.7 Å². The maximum absolute atomic E-state index is 12.4. The highest BCUT2D eigenvalue weighted by atomic mass is 16.5. The Morgan fingerprint density at radius 2 is 1.58 bits per heavy atom. The minimum Gasteiger partial charge on any atom is -0.493 e. The molecule has 1 aliphatic carbocycles. The van der Waals surface area contributed by atoms with E-state index in [2.05, 4.69) is 5.32 Å². The van der Waals surface area contributed by atoms with Crippen LogP contribution in [0.2, 0.25) is 0 Å². The Balaban J connectivity index is 1.96. The van der Waals surface area contributed by atoms with Crippen molar-refractivity contribution < 1.29 is 19.0 Å². The van der Waals surface area contributed by atoms with E-state index in [-0.39, 0.29) is 5.91 Å². The first kappa shape index (κ1) is 18.4. The van der Waals surface area contributed by atoms with Crippen molar-refractivity contribution in [2.24, 2.45) is 5.92 Å². The lowest BCUT2D eigenvalue weighted by atomic mass is 9.97. The molecule has 1 saturated carbocycles. The first-order chi connectivity index (χ1) is 11.7. The van der Waals surface area contributed by atoms with E-state index in [1.165, 1.54) is 38.5 Å². The Labute approximate surface area is 144 Å². The Kier molecular flexibility index (Phi) is 7.22. The second-order valence-corrected chi connectivity index (χ2v) is 6.32. The molecule has 0 spiro atoms. The number of hydrogen-bond acceptors (Lipinski definition) is 4. The van der Waals surface area contributed by atoms with Crippen LogP contribution in [0.25, 0.3) is 0 Å². The number of carbonyl (C=O) groups excluding carboxylic acids is 1. The highest BCUT2D eigenvalue weighted by Crippen LogP contribution is 2.38. The quantitative estimate of drug-likeness (QED) is 0.770. The first-order valence-corrected chi connectivity index (χ1v) is 8.77. The second kappa shape index (κ2) is 9.40. The standard InChI is InChI=1S/C19H29NO4/c1-22-16-12-15(13-17(23-2)18(16)24-3)19(21)20-11-10-14-8-6-4-5-7-9-14/h12-14H,4-11H2,1-3H3,(H,20,21). The van der Waals surface area contributed by atoms with Gasteiger partial charge in [-0.1, -0.05) is 38.5 Å². The van der Waals surface area contributed by atoms with Gasteiger partial charge in [-0.25, -0.2) is 0 Å². The van der Waals surface area contributed by atoms with Crippen LogP contribution in [0.5, 0.6) is 17.2 Å². The summed E-state index contributed by atoms with van der Waals surface area (Å²) in [6, 6.07) is 3.37. The summed E-state index contributed by atoms with van der Waals surface area (Å²) in [4.78, 5) is 12.4. The molecule has 0 radical (unpaired) electrons. The van der Waals surface area contributed by atoms with Crippen LogP contribution in [0.1, 0.15) is 55.3 Å². The SMILES string of the molecule is COc1cc(C(=O)NCCC2CCCCCC2)cc(OC)c1OC. The van der Waals surface area contributed by atoms with Crippen LogP contribution in [0.4, 0.5) is 0 Å². The average Bonchev–Trinajstić information content (AvgIpc) is 2.89. The van der Waals surface area contributed by atoms with Crippen molar-refractivity contribution in [1.82, 2.24) is 5.32 Å². The van der Waals surface area contributed by atoms with Crippen molar-refractivity contribution in [2.45, 2.75) is 44.9 Å². The third kappa shape index (κ3) is 4.79. The third-order valence-corrected chi connectivity index (χ3v) is 4.74. The lowest BCUT2D eigenvalue weighted by molar-refractivity contribution is 0.0950. The van der Waals surface area contributed by atoms with Gasteiger partial charge < -0.3 is 19.5 Å². The molecular formula is C19H29NO4. The molecule has 0 saturated heterocycles. The maximum Gasteiger partial charge on any atom is 0.251 e. The molecule has 5 nitrogen and oxygen atoms in total. The van der Waals surface area contributed by atoms with E-state index in [9.17, 15) is 4.79 Å². The zero-order valence-electron chi connectivity index (χ0n) is 15.0. The fourth-order valence-corrected chi connectivity index (χ4v) is 3.36. The Hall–Kier alpha value is -1.91. The van der Waals surface area contributed by atoms with Gasteiger partial charge in [0.15, 0.2) is 11.5 Å². The highest BCUT2D eigenvalue weighted by Gasteiger charge is 2.17. The highest BCUT2D eigenvalue weighted by molar-refractivity contribution is 5.95. The van der Waals surface area contributed by atoms with Crippen molar-refractivity contribution in [2.75, 3.05) is 27.9 Å². The van der Waals surface area contributed by atoms with E-state index >= 15 is 0 Å². The summed E-state index contributed by atoms with van der Waals surface area (Å²) in [5.41, 5.74) is 0.519. The number of methoxy groups -OCH3 is 3. The van der Waals surface area contributed by atoms with Gasteiger partial charge in [0.2, 0.25) is 5.75 Å². The average molecular weight is 335 g/mol. The molecule has 1 amide bonds. The minimum absolute atomic E-state index is 0.108. The van der Waals surface area contributed by atoms with Crippen molar-refractivity contribution in [3.63, 3.8) is 0 Å². The molecule has 0 aliphatic heterocycles. The predicted octanol–water partition coefficient (Wildman–Crippen LogP) is 3.80. The number of hydrogen-bond donors (Lipinski definition) is 1. The Morgan fingerprint density at radius 1 is 1.00 bits per heavy atom.